The van der Waals surface area contributed by atoms with Crippen molar-refractivity contribution in [3.63, 3.8) is 0 Å². The number of alkyl halides is 1. The summed E-state index contributed by atoms with van der Waals surface area (Å²) in [7, 11) is 0. The van der Waals surface area contributed by atoms with Crippen LogP contribution in [0.2, 0.25) is 0 Å². The summed E-state index contributed by atoms with van der Waals surface area (Å²) in [5.41, 5.74) is 0. The predicted molar refractivity (Wildman–Crippen MR) is 58.0 cm³/mol. The van der Waals surface area contributed by atoms with E-state index < -0.39 is 0 Å². The Morgan fingerprint density at radius 2 is 2.31 bits per heavy atom. The third-order valence-corrected chi connectivity index (χ3v) is 3.21. The van der Waals surface area contributed by atoms with Gasteiger partial charge in [0.05, 0.1) is 0 Å². The number of amides is 1. The van der Waals surface area contributed by atoms with Crippen molar-refractivity contribution in [2.75, 3.05) is 18.4 Å². The molecule has 0 aromatic carbocycles. The van der Waals surface area contributed by atoms with Gasteiger partial charge in [0.2, 0.25) is 5.91 Å². The van der Waals surface area contributed by atoms with Gasteiger partial charge in [0, 0.05) is 24.8 Å². The van der Waals surface area contributed by atoms with Gasteiger partial charge in [-0.2, -0.15) is 0 Å². The molecule has 76 valence electrons. The monoisotopic (exact) mass is 247 g/mol. The summed E-state index contributed by atoms with van der Waals surface area (Å²) < 4.78 is 0. The van der Waals surface area contributed by atoms with E-state index in [4.69, 9.17) is 0 Å². The van der Waals surface area contributed by atoms with E-state index in [0.29, 0.717) is 5.91 Å². The van der Waals surface area contributed by atoms with Gasteiger partial charge in [-0.1, -0.05) is 29.3 Å². The van der Waals surface area contributed by atoms with Gasteiger partial charge in [-0.15, -0.1) is 0 Å². The zero-order valence-electron chi connectivity index (χ0n) is 8.26. The first-order valence-electron chi connectivity index (χ1n) is 5.11. The fraction of sp³-hybridized carbons (Fsp3) is 0.900. The Kier molecular flexibility index (Phi) is 4.78. The predicted octanol–water partition coefficient (Wildman–Crippen LogP) is 2.42. The van der Waals surface area contributed by atoms with Crippen molar-refractivity contribution in [2.45, 2.75) is 32.6 Å². The minimum atomic E-state index is 0.343. The zero-order valence-corrected chi connectivity index (χ0v) is 9.85. The summed E-state index contributed by atoms with van der Waals surface area (Å²) in [6, 6.07) is 0. The number of rotatable bonds is 3. The third-order valence-electron chi connectivity index (χ3n) is 2.86. The van der Waals surface area contributed by atoms with Gasteiger partial charge in [-0.3, -0.25) is 4.79 Å². The van der Waals surface area contributed by atoms with E-state index >= 15 is 0 Å². The van der Waals surface area contributed by atoms with Gasteiger partial charge in [0.15, 0.2) is 0 Å². The molecule has 1 saturated heterocycles. The van der Waals surface area contributed by atoms with Crippen molar-refractivity contribution in [2.24, 2.45) is 5.92 Å². The molecule has 0 radical (unpaired) electrons. The van der Waals surface area contributed by atoms with Crippen LogP contribution in [-0.2, 0) is 4.79 Å². The molecule has 1 fully saturated rings. The molecule has 3 heteroatoms. The molecule has 1 aliphatic rings. The Morgan fingerprint density at radius 3 is 2.92 bits per heavy atom. The van der Waals surface area contributed by atoms with E-state index in [1.807, 2.05) is 4.90 Å². The van der Waals surface area contributed by atoms with Crippen molar-refractivity contribution in [1.29, 1.82) is 0 Å². The third kappa shape index (κ3) is 3.29. The molecule has 0 aliphatic carbocycles. The molecule has 1 aliphatic heterocycles. The van der Waals surface area contributed by atoms with Gasteiger partial charge >= 0.3 is 0 Å². The molecule has 1 heterocycles. The van der Waals surface area contributed by atoms with Crippen molar-refractivity contribution in [1.82, 2.24) is 4.90 Å². The average Bonchev–Trinajstić information content (AvgIpc) is 2.31. The van der Waals surface area contributed by atoms with Crippen LogP contribution in [0.1, 0.15) is 32.6 Å². The van der Waals surface area contributed by atoms with Gasteiger partial charge in [0.25, 0.3) is 0 Å². The molecule has 1 amide bonds. The summed E-state index contributed by atoms with van der Waals surface area (Å²) in [4.78, 5) is 13.6. The molecule has 1 rings (SSSR count). The van der Waals surface area contributed by atoms with Crippen LogP contribution < -0.4 is 0 Å². The largest absolute Gasteiger partial charge is 0.342 e. The molecule has 0 spiro atoms. The normalized spacial score (nSPS) is 24.6. The fourth-order valence-corrected chi connectivity index (χ4v) is 2.27. The fourth-order valence-electron chi connectivity index (χ4n) is 1.84. The number of hydrogen-bond acceptors (Lipinski definition) is 1. The number of hydrogen-bond donors (Lipinski definition) is 0. The highest BCUT2D eigenvalue weighted by molar-refractivity contribution is 9.09. The zero-order chi connectivity index (χ0) is 9.68. The first-order chi connectivity index (χ1) is 6.27. The van der Waals surface area contributed by atoms with Crippen LogP contribution in [0.15, 0.2) is 0 Å². The number of halogens is 1. The molecule has 13 heavy (non-hydrogen) atoms. The van der Waals surface area contributed by atoms with Crippen LogP contribution in [-0.4, -0.2) is 29.2 Å². The summed E-state index contributed by atoms with van der Waals surface area (Å²) >= 11 is 3.38. The SMILES string of the molecule is CCC1CCC(=O)N(CCBr)CC1. The van der Waals surface area contributed by atoms with Crippen LogP contribution >= 0.6 is 15.9 Å². The Hall–Kier alpha value is -0.0500. The van der Waals surface area contributed by atoms with Crippen LogP contribution in [0.3, 0.4) is 0 Å². The minimum absolute atomic E-state index is 0.343. The van der Waals surface area contributed by atoms with Gasteiger partial charge in [-0.25, -0.2) is 0 Å². The molecule has 0 aromatic rings. The number of nitrogens with zero attached hydrogens (tertiary/aromatic N) is 1. The summed E-state index contributed by atoms with van der Waals surface area (Å²) in [6.45, 7) is 4.05. The average molecular weight is 248 g/mol. The summed E-state index contributed by atoms with van der Waals surface area (Å²) in [6.07, 6.45) is 4.25. The Labute approximate surface area is 88.8 Å². The smallest absolute Gasteiger partial charge is 0.222 e. The summed E-state index contributed by atoms with van der Waals surface area (Å²) in [5, 5.41) is 0.898. The van der Waals surface area contributed by atoms with Crippen LogP contribution in [0.5, 0.6) is 0 Å². The van der Waals surface area contributed by atoms with Gasteiger partial charge < -0.3 is 4.90 Å². The van der Waals surface area contributed by atoms with E-state index in [0.717, 1.165) is 37.2 Å². The molecule has 2 nitrogen and oxygen atoms in total. The van der Waals surface area contributed by atoms with Crippen molar-refractivity contribution in [3.05, 3.63) is 0 Å². The van der Waals surface area contributed by atoms with E-state index in [9.17, 15) is 4.79 Å². The quantitative estimate of drug-likeness (QED) is 0.702. The molecule has 0 N–H and O–H groups in total. The summed E-state index contributed by atoms with van der Waals surface area (Å²) in [5.74, 6) is 1.11. The van der Waals surface area contributed by atoms with E-state index in [-0.39, 0.29) is 0 Å². The second kappa shape index (κ2) is 5.63. The molecule has 1 atom stereocenters. The van der Waals surface area contributed by atoms with E-state index in [2.05, 4.69) is 22.9 Å². The molecule has 0 aromatic heterocycles. The van der Waals surface area contributed by atoms with Crippen LogP contribution in [0.25, 0.3) is 0 Å². The second-order valence-corrected chi connectivity index (χ2v) is 4.46. The number of likely N-dealkylation sites (tertiary alicyclic amines) is 1. The van der Waals surface area contributed by atoms with E-state index in [1.165, 1.54) is 12.8 Å². The molecule has 1 unspecified atom stereocenters. The van der Waals surface area contributed by atoms with E-state index in [1.54, 1.807) is 0 Å². The lowest BCUT2D eigenvalue weighted by Crippen LogP contribution is -2.31. The highest BCUT2D eigenvalue weighted by atomic mass is 79.9. The Morgan fingerprint density at radius 1 is 1.54 bits per heavy atom. The number of carbonyl (C=O) groups is 1. The lowest BCUT2D eigenvalue weighted by Gasteiger charge is -2.19. The van der Waals surface area contributed by atoms with Gasteiger partial charge in [-0.05, 0) is 18.8 Å². The Bertz CT molecular complexity index is 172. The maximum absolute atomic E-state index is 11.6. The molecular formula is C10H18BrNO. The van der Waals surface area contributed by atoms with Crippen LogP contribution in [0.4, 0.5) is 0 Å². The van der Waals surface area contributed by atoms with Crippen molar-refractivity contribution < 1.29 is 4.79 Å². The van der Waals surface area contributed by atoms with Crippen LogP contribution in [0, 0.1) is 5.92 Å². The molecular weight excluding hydrogens is 230 g/mol. The maximum Gasteiger partial charge on any atom is 0.222 e. The lowest BCUT2D eigenvalue weighted by molar-refractivity contribution is -0.130. The minimum Gasteiger partial charge on any atom is -0.342 e. The first-order valence-corrected chi connectivity index (χ1v) is 6.23. The Balaban J connectivity index is 2.44. The molecule has 0 saturated carbocycles. The maximum atomic E-state index is 11.6. The highest BCUT2D eigenvalue weighted by Gasteiger charge is 2.20. The van der Waals surface area contributed by atoms with Crippen molar-refractivity contribution >= 4 is 21.8 Å². The highest BCUT2D eigenvalue weighted by Crippen LogP contribution is 2.20. The van der Waals surface area contributed by atoms with Gasteiger partial charge in [0.1, 0.15) is 0 Å². The topological polar surface area (TPSA) is 20.3 Å². The first kappa shape index (κ1) is 11.0. The molecule has 0 bridgehead atoms. The van der Waals surface area contributed by atoms with Crippen molar-refractivity contribution in [3.8, 4) is 0 Å². The lowest BCUT2D eigenvalue weighted by atomic mass is 9.98. The standard InChI is InChI=1S/C10H18BrNO/c1-2-9-3-4-10(13)12(7-5-9)8-6-11/h9H,2-8H2,1H3. The number of carbonyl (C=O) groups excluding carboxylic acids is 1. The second-order valence-electron chi connectivity index (χ2n) is 3.67.